The van der Waals surface area contributed by atoms with Gasteiger partial charge in [-0.15, -0.1) is 0 Å². The quantitative estimate of drug-likeness (QED) is 0.482. The lowest BCUT2D eigenvalue weighted by Gasteiger charge is -2.30. The first-order chi connectivity index (χ1) is 17.2. The first-order valence-electron chi connectivity index (χ1n) is 11.5. The number of carbonyl (C=O) groups excluding carboxylic acids is 1. The Labute approximate surface area is 209 Å². The standard InChI is InChI=1S/C25H24ClF3N2O5/c26-16-2-4-19-15(9-16)11-22(36-19)25(28,29)24(33)30-18(13-31-6-5-17(27)12-31)23(32)14-1-3-20-21(10-14)35-8-7-34-20/h1-4,9-11,17-18,23,32H,5-8,12-13H2,(H,30,33)/t17?,18-,23-/m1/s1. The molecule has 2 aromatic carbocycles. The SMILES string of the molecule is O=C(N[C@H](CN1CCC(F)C1)[C@H](O)c1ccc2c(c1)OCCO2)C(F)(F)c1cc2cc(Cl)ccc2o1. The molecular formula is C25H24ClF3N2O5. The maximum atomic E-state index is 15.2. The van der Waals surface area contributed by atoms with Crippen LogP contribution in [0.3, 0.4) is 0 Å². The van der Waals surface area contributed by atoms with Gasteiger partial charge in [0.15, 0.2) is 17.3 Å². The van der Waals surface area contributed by atoms with E-state index in [4.69, 9.17) is 25.5 Å². The van der Waals surface area contributed by atoms with Crippen LogP contribution in [-0.4, -0.2) is 61.0 Å². The van der Waals surface area contributed by atoms with Crippen molar-refractivity contribution in [2.45, 2.75) is 30.7 Å². The Morgan fingerprint density at radius 1 is 1.17 bits per heavy atom. The summed E-state index contributed by atoms with van der Waals surface area (Å²) in [5.41, 5.74) is 0.489. The van der Waals surface area contributed by atoms with Gasteiger partial charge in [-0.1, -0.05) is 17.7 Å². The maximum absolute atomic E-state index is 15.2. The molecule has 1 amide bonds. The van der Waals surface area contributed by atoms with Gasteiger partial charge < -0.3 is 24.3 Å². The van der Waals surface area contributed by atoms with Crippen molar-refractivity contribution in [1.82, 2.24) is 10.2 Å². The number of rotatable bonds is 7. The third kappa shape index (κ3) is 4.98. The van der Waals surface area contributed by atoms with Crippen molar-refractivity contribution in [3.05, 3.63) is 58.8 Å². The minimum Gasteiger partial charge on any atom is -0.486 e. The number of nitrogens with zero attached hydrogens (tertiary/aromatic N) is 1. The van der Waals surface area contributed by atoms with Crippen LogP contribution in [0.25, 0.3) is 11.0 Å². The number of carbonyl (C=O) groups is 1. The van der Waals surface area contributed by atoms with Gasteiger partial charge in [0.2, 0.25) is 0 Å². The van der Waals surface area contributed by atoms with Gasteiger partial charge in [0.05, 0.1) is 6.04 Å². The largest absolute Gasteiger partial charge is 0.486 e. The second-order valence-corrected chi connectivity index (χ2v) is 9.38. The van der Waals surface area contributed by atoms with Gasteiger partial charge in [0, 0.05) is 30.0 Å². The Kier molecular flexibility index (Phi) is 6.76. The van der Waals surface area contributed by atoms with E-state index < -0.39 is 35.9 Å². The molecule has 0 saturated carbocycles. The number of alkyl halides is 3. The van der Waals surface area contributed by atoms with Crippen LogP contribution in [-0.2, 0) is 10.7 Å². The predicted molar refractivity (Wildman–Crippen MR) is 125 cm³/mol. The molecule has 1 saturated heterocycles. The van der Waals surface area contributed by atoms with E-state index in [2.05, 4.69) is 5.32 Å². The van der Waals surface area contributed by atoms with Crippen LogP contribution in [0.5, 0.6) is 11.5 Å². The molecule has 0 aliphatic carbocycles. The first-order valence-corrected chi connectivity index (χ1v) is 11.9. The average Bonchev–Trinajstić information content (AvgIpc) is 3.48. The lowest BCUT2D eigenvalue weighted by Crippen LogP contribution is -2.51. The fourth-order valence-corrected chi connectivity index (χ4v) is 4.65. The van der Waals surface area contributed by atoms with Gasteiger partial charge in [0.25, 0.3) is 5.91 Å². The van der Waals surface area contributed by atoms with Crippen LogP contribution < -0.4 is 14.8 Å². The zero-order valence-corrected chi connectivity index (χ0v) is 19.8. The second kappa shape index (κ2) is 9.84. The normalized spacial score (nSPS) is 19.9. The van der Waals surface area contributed by atoms with E-state index in [1.807, 2.05) is 0 Å². The number of likely N-dealkylation sites (tertiary alicyclic amines) is 1. The molecule has 2 aliphatic heterocycles. The number of aliphatic hydroxyl groups excluding tert-OH is 1. The number of hydrogen-bond acceptors (Lipinski definition) is 6. The van der Waals surface area contributed by atoms with E-state index in [1.54, 1.807) is 23.1 Å². The third-order valence-electron chi connectivity index (χ3n) is 6.35. The first kappa shape index (κ1) is 24.7. The molecule has 3 heterocycles. The van der Waals surface area contributed by atoms with Crippen LogP contribution in [0, 0.1) is 0 Å². The summed E-state index contributed by atoms with van der Waals surface area (Å²) < 4.78 is 60.4. The highest BCUT2D eigenvalue weighted by molar-refractivity contribution is 6.31. The Balaban J connectivity index is 1.39. The van der Waals surface area contributed by atoms with Crippen molar-refractivity contribution >= 4 is 28.5 Å². The topological polar surface area (TPSA) is 84.2 Å². The van der Waals surface area contributed by atoms with Crippen molar-refractivity contribution in [2.75, 3.05) is 32.8 Å². The van der Waals surface area contributed by atoms with Crippen LogP contribution >= 0.6 is 11.6 Å². The van der Waals surface area contributed by atoms with E-state index in [0.717, 1.165) is 6.07 Å². The third-order valence-corrected chi connectivity index (χ3v) is 6.58. The number of benzene rings is 2. The maximum Gasteiger partial charge on any atom is 0.380 e. The fourth-order valence-electron chi connectivity index (χ4n) is 4.47. The number of fused-ring (bicyclic) bond motifs is 2. The molecule has 0 radical (unpaired) electrons. The summed E-state index contributed by atoms with van der Waals surface area (Å²) in [6, 6.07) is 8.98. The molecule has 1 fully saturated rings. The number of furan rings is 1. The van der Waals surface area contributed by atoms with Gasteiger partial charge in [-0.3, -0.25) is 9.69 Å². The molecule has 2 N–H and O–H groups in total. The molecule has 36 heavy (non-hydrogen) atoms. The van der Waals surface area contributed by atoms with Crippen LogP contribution in [0.1, 0.15) is 23.8 Å². The smallest absolute Gasteiger partial charge is 0.380 e. The summed E-state index contributed by atoms with van der Waals surface area (Å²) in [7, 11) is 0. The predicted octanol–water partition coefficient (Wildman–Crippen LogP) is 4.21. The zero-order valence-electron chi connectivity index (χ0n) is 19.1. The molecule has 0 spiro atoms. The lowest BCUT2D eigenvalue weighted by atomic mass is 10.0. The molecule has 1 unspecified atom stereocenters. The van der Waals surface area contributed by atoms with Gasteiger partial charge in [-0.2, -0.15) is 8.78 Å². The molecular weight excluding hydrogens is 501 g/mol. The van der Waals surface area contributed by atoms with Gasteiger partial charge in [0.1, 0.15) is 31.1 Å². The van der Waals surface area contributed by atoms with Crippen LogP contribution in [0.4, 0.5) is 13.2 Å². The Morgan fingerprint density at radius 2 is 1.94 bits per heavy atom. The highest BCUT2D eigenvalue weighted by Crippen LogP contribution is 2.36. The number of hydrogen-bond donors (Lipinski definition) is 2. The number of nitrogens with one attached hydrogen (secondary N) is 1. The molecule has 192 valence electrons. The van der Waals surface area contributed by atoms with E-state index >= 15 is 8.78 Å². The molecule has 2 aliphatic rings. The summed E-state index contributed by atoms with van der Waals surface area (Å²) >= 11 is 5.92. The number of aliphatic hydroxyl groups is 1. The van der Waals surface area contributed by atoms with E-state index in [-0.39, 0.29) is 18.7 Å². The van der Waals surface area contributed by atoms with Crippen molar-refractivity contribution < 1.29 is 37.0 Å². The van der Waals surface area contributed by atoms with Gasteiger partial charge in [-0.05, 0) is 48.4 Å². The van der Waals surface area contributed by atoms with Crippen molar-refractivity contribution in [3.63, 3.8) is 0 Å². The fraction of sp³-hybridized carbons (Fsp3) is 0.400. The Hall–Kier alpha value is -2.95. The molecule has 3 atom stereocenters. The summed E-state index contributed by atoms with van der Waals surface area (Å²) in [5.74, 6) is -5.64. The van der Waals surface area contributed by atoms with Crippen LogP contribution in [0.15, 0.2) is 46.9 Å². The van der Waals surface area contributed by atoms with E-state index in [1.165, 1.54) is 18.2 Å². The van der Waals surface area contributed by atoms with E-state index in [0.29, 0.717) is 53.7 Å². The van der Waals surface area contributed by atoms with E-state index in [9.17, 15) is 14.3 Å². The number of halogens is 4. The summed E-state index contributed by atoms with van der Waals surface area (Å²) in [5, 5.41) is 14.1. The van der Waals surface area contributed by atoms with Crippen molar-refractivity contribution in [3.8, 4) is 11.5 Å². The molecule has 5 rings (SSSR count). The monoisotopic (exact) mass is 524 g/mol. The average molecular weight is 525 g/mol. The zero-order chi connectivity index (χ0) is 25.4. The molecule has 11 heteroatoms. The molecule has 7 nitrogen and oxygen atoms in total. The molecule has 0 bridgehead atoms. The highest BCUT2D eigenvalue weighted by Gasteiger charge is 2.46. The number of ether oxygens (including phenoxy) is 2. The minimum absolute atomic E-state index is 0.0341. The van der Waals surface area contributed by atoms with Gasteiger partial charge in [-0.25, -0.2) is 4.39 Å². The molecule has 3 aromatic rings. The Morgan fingerprint density at radius 3 is 2.69 bits per heavy atom. The summed E-state index contributed by atoms with van der Waals surface area (Å²) in [4.78, 5) is 14.5. The Bertz CT molecular complexity index is 1270. The van der Waals surface area contributed by atoms with Crippen molar-refractivity contribution in [1.29, 1.82) is 0 Å². The summed E-state index contributed by atoms with van der Waals surface area (Å²) in [6.07, 6.45) is -2.15. The van der Waals surface area contributed by atoms with Gasteiger partial charge >= 0.3 is 5.92 Å². The second-order valence-electron chi connectivity index (χ2n) is 8.94. The lowest BCUT2D eigenvalue weighted by molar-refractivity contribution is -0.151. The number of amides is 1. The summed E-state index contributed by atoms with van der Waals surface area (Å²) in [6.45, 7) is 1.14. The van der Waals surface area contributed by atoms with Crippen LogP contribution in [0.2, 0.25) is 5.02 Å². The molecule has 1 aromatic heterocycles. The minimum atomic E-state index is -4.04. The highest BCUT2D eigenvalue weighted by atomic mass is 35.5. The van der Waals surface area contributed by atoms with Crippen molar-refractivity contribution in [2.24, 2.45) is 0 Å².